The second kappa shape index (κ2) is 4.68. The van der Waals surface area contributed by atoms with Gasteiger partial charge in [0.05, 0.1) is 0 Å². The lowest BCUT2D eigenvalue weighted by Gasteiger charge is -2.59. The zero-order valence-electron chi connectivity index (χ0n) is 12.6. The van der Waals surface area contributed by atoms with Crippen LogP contribution in [0.5, 0.6) is 0 Å². The highest BCUT2D eigenvalue weighted by Crippen LogP contribution is 2.61. The molecular formula is C16H28N2O. The number of nitrogens with one attached hydrogen (secondary N) is 1. The van der Waals surface area contributed by atoms with Crippen LogP contribution in [0.25, 0.3) is 0 Å². The molecule has 4 rings (SSSR count). The summed E-state index contributed by atoms with van der Waals surface area (Å²) < 4.78 is 0. The average Bonchev–Trinajstić information content (AvgIpc) is 2.36. The number of hydrogen-bond donors (Lipinski definition) is 1. The summed E-state index contributed by atoms with van der Waals surface area (Å²) in [5.41, 5.74) is 0.416. The van der Waals surface area contributed by atoms with Gasteiger partial charge in [0.1, 0.15) is 0 Å². The van der Waals surface area contributed by atoms with Crippen molar-refractivity contribution in [2.75, 3.05) is 13.6 Å². The Morgan fingerprint density at radius 3 is 2.11 bits per heavy atom. The van der Waals surface area contributed by atoms with Gasteiger partial charge >= 0.3 is 6.03 Å². The molecule has 0 aliphatic heterocycles. The fourth-order valence-corrected chi connectivity index (χ4v) is 5.30. The first-order valence-corrected chi connectivity index (χ1v) is 8.04. The predicted octanol–water partition coefficient (Wildman–Crippen LogP) is 3.25. The van der Waals surface area contributed by atoms with Gasteiger partial charge in [-0.1, -0.05) is 0 Å². The van der Waals surface area contributed by atoms with Gasteiger partial charge in [0.15, 0.2) is 0 Å². The topological polar surface area (TPSA) is 32.3 Å². The first kappa shape index (κ1) is 13.3. The third-order valence-electron chi connectivity index (χ3n) is 6.17. The lowest BCUT2D eigenvalue weighted by atomic mass is 9.48. The molecule has 4 aliphatic rings. The van der Waals surface area contributed by atoms with Crippen LogP contribution in [0.15, 0.2) is 0 Å². The molecule has 4 aliphatic carbocycles. The zero-order chi connectivity index (χ0) is 13.6. The van der Waals surface area contributed by atoms with E-state index in [0.29, 0.717) is 11.5 Å². The van der Waals surface area contributed by atoms with E-state index in [-0.39, 0.29) is 6.03 Å². The Balaban J connectivity index is 1.69. The monoisotopic (exact) mass is 264 g/mol. The number of hydrogen-bond acceptors (Lipinski definition) is 1. The molecule has 4 fully saturated rings. The van der Waals surface area contributed by atoms with E-state index in [1.165, 1.54) is 38.5 Å². The number of carbonyl (C=O) groups excluding carboxylic acids is 1. The molecule has 1 unspecified atom stereocenters. The maximum Gasteiger partial charge on any atom is 0.317 e. The Morgan fingerprint density at radius 2 is 1.68 bits per heavy atom. The van der Waals surface area contributed by atoms with E-state index >= 15 is 0 Å². The Kier molecular flexibility index (Phi) is 3.26. The molecule has 0 heterocycles. The van der Waals surface area contributed by atoms with Gasteiger partial charge in [-0.05, 0) is 75.5 Å². The third-order valence-corrected chi connectivity index (χ3v) is 6.17. The van der Waals surface area contributed by atoms with Gasteiger partial charge < -0.3 is 10.2 Å². The van der Waals surface area contributed by atoms with Crippen molar-refractivity contribution in [2.45, 2.75) is 58.4 Å². The molecule has 0 saturated heterocycles. The summed E-state index contributed by atoms with van der Waals surface area (Å²) in [5.74, 6) is 2.86. The summed E-state index contributed by atoms with van der Waals surface area (Å²) in [6.07, 6.45) is 8.47. The molecule has 0 aromatic heterocycles. The molecule has 2 amide bonds. The van der Waals surface area contributed by atoms with Crippen LogP contribution < -0.4 is 5.32 Å². The zero-order valence-corrected chi connectivity index (χ0v) is 12.6. The lowest BCUT2D eigenvalue weighted by Crippen LogP contribution is -2.57. The normalized spacial score (nSPS) is 41.1. The number of urea groups is 1. The van der Waals surface area contributed by atoms with E-state index in [9.17, 15) is 4.79 Å². The van der Waals surface area contributed by atoms with Crippen LogP contribution in [-0.4, -0.2) is 30.6 Å². The minimum Gasteiger partial charge on any atom is -0.335 e. The maximum atomic E-state index is 12.1. The second-order valence-electron chi connectivity index (χ2n) is 7.47. The second-order valence-corrected chi connectivity index (χ2v) is 7.47. The van der Waals surface area contributed by atoms with Gasteiger partial charge in [0.2, 0.25) is 0 Å². The van der Waals surface area contributed by atoms with Crippen molar-refractivity contribution < 1.29 is 4.79 Å². The molecule has 19 heavy (non-hydrogen) atoms. The minimum absolute atomic E-state index is 0.103. The summed E-state index contributed by atoms with van der Waals surface area (Å²) in [5, 5.41) is 3.27. The summed E-state index contributed by atoms with van der Waals surface area (Å²) in [6.45, 7) is 5.04. The van der Waals surface area contributed by atoms with Crippen molar-refractivity contribution in [3.8, 4) is 0 Å². The van der Waals surface area contributed by atoms with Crippen LogP contribution >= 0.6 is 0 Å². The Hall–Kier alpha value is -0.730. The highest BCUT2D eigenvalue weighted by Gasteiger charge is 2.53. The molecule has 3 heteroatoms. The predicted molar refractivity (Wildman–Crippen MR) is 76.9 cm³/mol. The summed E-state index contributed by atoms with van der Waals surface area (Å²) in [6, 6.07) is 0.438. The summed E-state index contributed by atoms with van der Waals surface area (Å²) in [4.78, 5) is 13.9. The van der Waals surface area contributed by atoms with Crippen molar-refractivity contribution in [3.05, 3.63) is 0 Å². The number of nitrogens with zero attached hydrogens (tertiary/aromatic N) is 1. The average molecular weight is 264 g/mol. The van der Waals surface area contributed by atoms with Crippen LogP contribution in [0, 0.1) is 23.2 Å². The van der Waals surface area contributed by atoms with Gasteiger partial charge in [-0.15, -0.1) is 0 Å². The van der Waals surface area contributed by atoms with Crippen LogP contribution in [0.4, 0.5) is 4.79 Å². The molecule has 0 spiro atoms. The standard InChI is InChI=1S/C16H28N2O/c1-4-18(3)15(19)17-11(2)16-8-12-5-13(9-16)7-14(6-12)10-16/h11-14H,4-10H2,1-3H3,(H,17,19). The van der Waals surface area contributed by atoms with E-state index in [0.717, 1.165) is 24.3 Å². The van der Waals surface area contributed by atoms with Crippen molar-refractivity contribution in [3.63, 3.8) is 0 Å². The number of rotatable bonds is 3. The largest absolute Gasteiger partial charge is 0.335 e. The van der Waals surface area contributed by atoms with Gasteiger partial charge in [-0.2, -0.15) is 0 Å². The summed E-state index contributed by atoms with van der Waals surface area (Å²) in [7, 11) is 1.88. The fraction of sp³-hybridized carbons (Fsp3) is 0.938. The van der Waals surface area contributed by atoms with E-state index in [2.05, 4.69) is 12.2 Å². The van der Waals surface area contributed by atoms with Crippen molar-refractivity contribution >= 4 is 6.03 Å². The number of carbonyl (C=O) groups is 1. The highest BCUT2D eigenvalue weighted by molar-refractivity contribution is 5.74. The Labute approximate surface area is 117 Å². The van der Waals surface area contributed by atoms with E-state index in [1.807, 2.05) is 14.0 Å². The summed E-state index contributed by atoms with van der Waals surface area (Å²) >= 11 is 0. The van der Waals surface area contributed by atoms with Gasteiger partial charge in [0.25, 0.3) is 0 Å². The molecule has 0 aromatic rings. The lowest BCUT2D eigenvalue weighted by molar-refractivity contribution is -0.0686. The smallest absolute Gasteiger partial charge is 0.317 e. The molecule has 3 nitrogen and oxygen atoms in total. The van der Waals surface area contributed by atoms with Crippen molar-refractivity contribution in [1.29, 1.82) is 0 Å². The van der Waals surface area contributed by atoms with E-state index in [4.69, 9.17) is 0 Å². The molecule has 4 saturated carbocycles. The highest BCUT2D eigenvalue weighted by atomic mass is 16.2. The van der Waals surface area contributed by atoms with Gasteiger partial charge in [-0.3, -0.25) is 0 Å². The van der Waals surface area contributed by atoms with Gasteiger partial charge in [0, 0.05) is 19.6 Å². The molecule has 4 bridgehead atoms. The molecule has 1 atom stereocenters. The first-order valence-electron chi connectivity index (χ1n) is 8.04. The van der Waals surface area contributed by atoms with Gasteiger partial charge in [-0.25, -0.2) is 4.79 Å². The Morgan fingerprint density at radius 1 is 1.21 bits per heavy atom. The SMILES string of the molecule is CCN(C)C(=O)NC(C)C12CC3CC(CC(C3)C1)C2. The number of amides is 2. The minimum atomic E-state index is 0.103. The van der Waals surface area contributed by atoms with Crippen LogP contribution in [-0.2, 0) is 0 Å². The van der Waals surface area contributed by atoms with Crippen molar-refractivity contribution in [2.24, 2.45) is 23.2 Å². The molecular weight excluding hydrogens is 236 g/mol. The van der Waals surface area contributed by atoms with Crippen LogP contribution in [0.3, 0.4) is 0 Å². The van der Waals surface area contributed by atoms with Crippen LogP contribution in [0.2, 0.25) is 0 Å². The maximum absolute atomic E-state index is 12.1. The quantitative estimate of drug-likeness (QED) is 0.834. The van der Waals surface area contributed by atoms with E-state index in [1.54, 1.807) is 4.90 Å². The van der Waals surface area contributed by atoms with Crippen LogP contribution in [0.1, 0.15) is 52.4 Å². The van der Waals surface area contributed by atoms with Crippen molar-refractivity contribution in [1.82, 2.24) is 10.2 Å². The first-order chi connectivity index (χ1) is 9.02. The molecule has 108 valence electrons. The fourth-order valence-electron chi connectivity index (χ4n) is 5.30. The third kappa shape index (κ3) is 2.25. The molecule has 0 radical (unpaired) electrons. The Bertz CT molecular complexity index is 330. The van der Waals surface area contributed by atoms with E-state index < -0.39 is 0 Å². The molecule has 1 N–H and O–H groups in total. The molecule has 0 aromatic carbocycles.